The standard InChI is InChI=1S/C15H28N2O/c1-15(2)8-4-7-13(15)17-14(18)10-11-5-3-6-12(16)9-11/h11-13H,3-10,16H2,1-2H3,(H,17,18). The molecule has 0 aliphatic heterocycles. The number of amides is 1. The second-order valence-electron chi connectivity index (χ2n) is 7.00. The fourth-order valence-corrected chi connectivity index (χ4v) is 3.63. The fraction of sp³-hybridized carbons (Fsp3) is 0.933. The molecule has 3 atom stereocenters. The van der Waals surface area contributed by atoms with Crippen molar-refractivity contribution in [2.45, 2.75) is 77.3 Å². The topological polar surface area (TPSA) is 55.1 Å². The number of rotatable bonds is 3. The summed E-state index contributed by atoms with van der Waals surface area (Å²) in [5, 5.41) is 3.25. The molecule has 3 heteroatoms. The van der Waals surface area contributed by atoms with Crippen molar-refractivity contribution in [2.75, 3.05) is 0 Å². The highest BCUT2D eigenvalue weighted by Gasteiger charge is 2.35. The predicted molar refractivity (Wildman–Crippen MR) is 74.1 cm³/mol. The van der Waals surface area contributed by atoms with Gasteiger partial charge < -0.3 is 11.1 Å². The minimum absolute atomic E-state index is 0.245. The Morgan fingerprint density at radius 3 is 2.67 bits per heavy atom. The fourth-order valence-electron chi connectivity index (χ4n) is 3.63. The van der Waals surface area contributed by atoms with E-state index in [1.807, 2.05) is 0 Å². The van der Waals surface area contributed by atoms with E-state index in [2.05, 4.69) is 19.2 Å². The van der Waals surface area contributed by atoms with Crippen molar-refractivity contribution < 1.29 is 4.79 Å². The van der Waals surface area contributed by atoms with E-state index in [0.717, 1.165) is 19.3 Å². The van der Waals surface area contributed by atoms with Gasteiger partial charge in [0.2, 0.25) is 5.91 Å². The monoisotopic (exact) mass is 252 g/mol. The molecule has 3 unspecified atom stereocenters. The van der Waals surface area contributed by atoms with Gasteiger partial charge in [0.25, 0.3) is 0 Å². The number of nitrogens with one attached hydrogen (secondary N) is 1. The summed E-state index contributed by atoms with van der Waals surface area (Å²) in [6, 6.07) is 0.696. The van der Waals surface area contributed by atoms with Gasteiger partial charge in [0.1, 0.15) is 0 Å². The Balaban J connectivity index is 1.78. The average Bonchev–Trinajstić information content (AvgIpc) is 2.58. The molecule has 0 aromatic rings. The van der Waals surface area contributed by atoms with Crippen molar-refractivity contribution >= 4 is 5.91 Å². The molecule has 3 nitrogen and oxygen atoms in total. The summed E-state index contributed by atoms with van der Waals surface area (Å²) < 4.78 is 0. The molecule has 0 bridgehead atoms. The molecule has 0 aromatic carbocycles. The van der Waals surface area contributed by atoms with E-state index in [4.69, 9.17) is 5.73 Å². The Hall–Kier alpha value is -0.570. The van der Waals surface area contributed by atoms with Crippen molar-refractivity contribution in [3.05, 3.63) is 0 Å². The van der Waals surface area contributed by atoms with Gasteiger partial charge in [0, 0.05) is 18.5 Å². The summed E-state index contributed by atoms with van der Waals surface area (Å²) in [5.41, 5.74) is 6.25. The third-order valence-corrected chi connectivity index (χ3v) is 4.89. The van der Waals surface area contributed by atoms with E-state index in [1.54, 1.807) is 0 Å². The largest absolute Gasteiger partial charge is 0.353 e. The summed E-state index contributed by atoms with van der Waals surface area (Å²) in [5.74, 6) is 0.757. The van der Waals surface area contributed by atoms with Crippen molar-refractivity contribution in [1.82, 2.24) is 5.32 Å². The molecule has 2 fully saturated rings. The lowest BCUT2D eigenvalue weighted by Gasteiger charge is -2.30. The van der Waals surface area contributed by atoms with Crippen LogP contribution >= 0.6 is 0 Å². The normalized spacial score (nSPS) is 35.4. The van der Waals surface area contributed by atoms with Crippen molar-refractivity contribution in [3.63, 3.8) is 0 Å². The van der Waals surface area contributed by atoms with E-state index in [1.165, 1.54) is 25.7 Å². The van der Waals surface area contributed by atoms with Crippen LogP contribution < -0.4 is 11.1 Å². The molecule has 2 saturated carbocycles. The summed E-state index contributed by atoms with van der Waals surface area (Å²) in [4.78, 5) is 12.1. The average molecular weight is 252 g/mol. The maximum atomic E-state index is 12.1. The molecule has 1 amide bonds. The first-order valence-electron chi connectivity index (χ1n) is 7.52. The SMILES string of the molecule is CC1(C)CCCC1NC(=O)CC1CCCC(N)C1. The van der Waals surface area contributed by atoms with Crippen LogP contribution in [0.5, 0.6) is 0 Å². The summed E-state index contributed by atoms with van der Waals surface area (Å²) >= 11 is 0. The van der Waals surface area contributed by atoms with Gasteiger partial charge in [0.05, 0.1) is 0 Å². The second-order valence-corrected chi connectivity index (χ2v) is 7.00. The summed E-state index contributed by atoms with van der Waals surface area (Å²) in [6.45, 7) is 4.53. The Labute approximate surface area is 111 Å². The van der Waals surface area contributed by atoms with Crippen molar-refractivity contribution in [2.24, 2.45) is 17.1 Å². The first kappa shape index (κ1) is 13.9. The number of carbonyl (C=O) groups is 1. The van der Waals surface area contributed by atoms with Crippen molar-refractivity contribution in [3.8, 4) is 0 Å². The van der Waals surface area contributed by atoms with Crippen LogP contribution in [0.3, 0.4) is 0 Å². The number of carbonyl (C=O) groups excluding carboxylic acids is 1. The lowest BCUT2D eigenvalue weighted by atomic mass is 9.83. The van der Waals surface area contributed by atoms with Crippen LogP contribution in [0, 0.1) is 11.3 Å². The first-order chi connectivity index (χ1) is 8.47. The molecule has 0 saturated heterocycles. The third-order valence-electron chi connectivity index (χ3n) is 4.89. The second kappa shape index (κ2) is 5.60. The number of hydrogen-bond acceptors (Lipinski definition) is 2. The Bertz CT molecular complexity index is 301. The maximum absolute atomic E-state index is 12.1. The van der Waals surface area contributed by atoms with E-state index in [0.29, 0.717) is 24.4 Å². The summed E-state index contributed by atoms with van der Waals surface area (Å²) in [7, 11) is 0. The molecule has 2 rings (SSSR count). The highest BCUT2D eigenvalue weighted by atomic mass is 16.1. The van der Waals surface area contributed by atoms with E-state index < -0.39 is 0 Å². The van der Waals surface area contributed by atoms with E-state index >= 15 is 0 Å². The zero-order chi connectivity index (χ0) is 13.2. The van der Waals surface area contributed by atoms with Gasteiger partial charge in [-0.3, -0.25) is 4.79 Å². The Kier molecular flexibility index (Phi) is 4.31. The third kappa shape index (κ3) is 3.47. The van der Waals surface area contributed by atoms with E-state index in [9.17, 15) is 4.79 Å². The molecule has 2 aliphatic rings. The van der Waals surface area contributed by atoms with Crippen LogP contribution in [-0.4, -0.2) is 18.0 Å². The predicted octanol–water partition coefficient (Wildman–Crippen LogP) is 2.59. The molecule has 0 radical (unpaired) electrons. The zero-order valence-corrected chi connectivity index (χ0v) is 11.9. The molecule has 104 valence electrons. The number of nitrogens with two attached hydrogens (primary N) is 1. The minimum atomic E-state index is 0.245. The number of hydrogen-bond donors (Lipinski definition) is 2. The molecule has 2 aliphatic carbocycles. The van der Waals surface area contributed by atoms with Crippen molar-refractivity contribution in [1.29, 1.82) is 0 Å². The zero-order valence-electron chi connectivity index (χ0n) is 11.9. The van der Waals surface area contributed by atoms with Gasteiger partial charge in [0.15, 0.2) is 0 Å². The highest BCUT2D eigenvalue weighted by molar-refractivity contribution is 5.76. The minimum Gasteiger partial charge on any atom is -0.353 e. The smallest absolute Gasteiger partial charge is 0.220 e. The molecule has 3 N–H and O–H groups in total. The quantitative estimate of drug-likeness (QED) is 0.811. The molecule has 0 aromatic heterocycles. The molecule has 18 heavy (non-hydrogen) atoms. The van der Waals surface area contributed by atoms with Crippen LogP contribution in [0.1, 0.15) is 65.2 Å². The van der Waals surface area contributed by atoms with Crippen LogP contribution in [-0.2, 0) is 4.79 Å². The first-order valence-corrected chi connectivity index (χ1v) is 7.52. The Morgan fingerprint density at radius 1 is 1.28 bits per heavy atom. The van der Waals surface area contributed by atoms with Crippen LogP contribution in [0.4, 0.5) is 0 Å². The van der Waals surface area contributed by atoms with E-state index in [-0.39, 0.29) is 11.3 Å². The van der Waals surface area contributed by atoms with Crippen LogP contribution in [0.15, 0.2) is 0 Å². The highest BCUT2D eigenvalue weighted by Crippen LogP contribution is 2.37. The molecular weight excluding hydrogens is 224 g/mol. The van der Waals surface area contributed by atoms with Gasteiger partial charge >= 0.3 is 0 Å². The maximum Gasteiger partial charge on any atom is 0.220 e. The van der Waals surface area contributed by atoms with Crippen LogP contribution in [0.25, 0.3) is 0 Å². The molecule has 0 heterocycles. The molecular formula is C15H28N2O. The summed E-state index contributed by atoms with van der Waals surface area (Å²) in [6.07, 6.45) is 8.82. The lowest BCUT2D eigenvalue weighted by molar-refractivity contribution is -0.123. The van der Waals surface area contributed by atoms with Gasteiger partial charge in [-0.25, -0.2) is 0 Å². The van der Waals surface area contributed by atoms with Gasteiger partial charge in [-0.15, -0.1) is 0 Å². The van der Waals surface area contributed by atoms with Gasteiger partial charge in [-0.1, -0.05) is 26.7 Å². The van der Waals surface area contributed by atoms with Crippen LogP contribution in [0.2, 0.25) is 0 Å². The Morgan fingerprint density at radius 2 is 2.06 bits per heavy atom. The lowest BCUT2D eigenvalue weighted by Crippen LogP contribution is -2.42. The van der Waals surface area contributed by atoms with Gasteiger partial charge in [-0.2, -0.15) is 0 Å². The molecule has 0 spiro atoms. The van der Waals surface area contributed by atoms with Gasteiger partial charge in [-0.05, 0) is 43.4 Å².